The Morgan fingerprint density at radius 2 is 0.771 bits per heavy atom. The third-order valence-corrected chi connectivity index (χ3v) is 9.39. The van der Waals surface area contributed by atoms with Gasteiger partial charge in [-0.1, -0.05) is 106 Å². The highest BCUT2D eigenvalue weighted by molar-refractivity contribution is 6.26. The van der Waals surface area contributed by atoms with E-state index in [-0.39, 0.29) is 11.6 Å². The third kappa shape index (κ3) is 15.6. The molecule has 1 aromatic rings. The molecule has 0 atom stereocenters. The summed E-state index contributed by atoms with van der Waals surface area (Å²) in [7, 11) is 0. The fourth-order valence-corrected chi connectivity index (χ4v) is 6.01. The summed E-state index contributed by atoms with van der Waals surface area (Å²) in [5, 5.41) is 0. The molecule has 0 amide bonds. The number of Topliss-reactive ketones (excluding diaryl/α,β-unsaturated/α-hetero) is 2. The van der Waals surface area contributed by atoms with Gasteiger partial charge in [0, 0.05) is 22.3 Å². The van der Waals surface area contributed by atoms with Gasteiger partial charge in [-0.05, 0) is 146 Å². The first kappa shape index (κ1) is 40.7. The number of hydrogen-bond donors (Lipinski definition) is 0. The van der Waals surface area contributed by atoms with Crippen molar-refractivity contribution in [2.45, 2.75) is 146 Å². The monoisotopic (exact) mass is 648 g/mol. The maximum absolute atomic E-state index is 13.0. The van der Waals surface area contributed by atoms with Gasteiger partial charge < -0.3 is 0 Å². The van der Waals surface area contributed by atoms with E-state index >= 15 is 0 Å². The Labute approximate surface area is 294 Å². The van der Waals surface area contributed by atoms with E-state index < -0.39 is 0 Å². The van der Waals surface area contributed by atoms with Crippen LogP contribution >= 0.6 is 0 Å². The van der Waals surface area contributed by atoms with Gasteiger partial charge in [-0.25, -0.2) is 0 Å². The van der Waals surface area contributed by atoms with Crippen molar-refractivity contribution in [1.82, 2.24) is 0 Å². The lowest BCUT2D eigenvalue weighted by Gasteiger charge is -2.18. The summed E-state index contributed by atoms with van der Waals surface area (Å²) in [4.78, 5) is 25.7. The molecule has 0 radical (unpaired) electrons. The van der Waals surface area contributed by atoms with Crippen molar-refractivity contribution in [3.8, 4) is 0 Å². The molecule has 1 aliphatic carbocycles. The molecule has 2 nitrogen and oxygen atoms in total. The van der Waals surface area contributed by atoms with Gasteiger partial charge in [-0.2, -0.15) is 0 Å². The molecule has 0 saturated heterocycles. The normalized spacial score (nSPS) is 15.4. The van der Waals surface area contributed by atoms with Crippen LogP contribution in [-0.2, 0) is 0 Å². The van der Waals surface area contributed by atoms with E-state index in [9.17, 15) is 9.59 Å². The molecule has 0 saturated carbocycles. The summed E-state index contributed by atoms with van der Waals surface area (Å²) < 4.78 is 0. The first-order chi connectivity index (χ1) is 22.9. The van der Waals surface area contributed by atoms with E-state index in [1.807, 2.05) is 12.1 Å². The van der Waals surface area contributed by atoms with E-state index in [4.69, 9.17) is 0 Å². The number of allylic oxidation sites excluding steroid dienone is 16. The fraction of sp³-hybridized carbons (Fsp3) is 0.478. The van der Waals surface area contributed by atoms with Crippen LogP contribution < -0.4 is 0 Å². The molecule has 0 fully saturated rings. The van der Waals surface area contributed by atoms with Gasteiger partial charge in [-0.3, -0.25) is 9.59 Å². The second-order valence-corrected chi connectivity index (χ2v) is 14.3. The van der Waals surface area contributed by atoms with Crippen LogP contribution in [0, 0.1) is 0 Å². The fourth-order valence-electron chi connectivity index (χ4n) is 6.01. The van der Waals surface area contributed by atoms with Gasteiger partial charge in [0.15, 0.2) is 11.6 Å². The predicted molar refractivity (Wildman–Crippen MR) is 210 cm³/mol. The van der Waals surface area contributed by atoms with Gasteiger partial charge in [0.25, 0.3) is 0 Å². The summed E-state index contributed by atoms with van der Waals surface area (Å²) >= 11 is 0. The van der Waals surface area contributed by atoms with Gasteiger partial charge in [0.1, 0.15) is 0 Å². The molecule has 48 heavy (non-hydrogen) atoms. The Morgan fingerprint density at radius 3 is 1.12 bits per heavy atom. The Hall–Kier alpha value is -3.52. The van der Waals surface area contributed by atoms with Crippen molar-refractivity contribution in [2.75, 3.05) is 0 Å². The van der Waals surface area contributed by atoms with Gasteiger partial charge in [-0.15, -0.1) is 0 Å². The van der Waals surface area contributed by atoms with Gasteiger partial charge in [0.2, 0.25) is 0 Å². The number of carbonyl (C=O) groups is 2. The number of benzene rings is 1. The van der Waals surface area contributed by atoms with Crippen molar-refractivity contribution in [2.24, 2.45) is 0 Å². The molecule has 260 valence electrons. The SMILES string of the molecule is CC(C)=CCC/C(C)=C\CC/C(C)=C\CC/C(C)=C\CC/C(C)=C\CC/C(C)=C\CC/C(C)=C/CC1=C(C)C(=O)c2ccccc2C1=O. The zero-order valence-electron chi connectivity index (χ0n) is 31.9. The minimum atomic E-state index is -0.0228. The Kier molecular flexibility index (Phi) is 18.8. The third-order valence-electron chi connectivity index (χ3n) is 9.39. The van der Waals surface area contributed by atoms with Crippen LogP contribution in [0.4, 0.5) is 0 Å². The zero-order valence-corrected chi connectivity index (χ0v) is 31.9. The zero-order chi connectivity index (χ0) is 35.5. The molecule has 0 aliphatic heterocycles. The number of ketones is 2. The number of carbonyl (C=O) groups excluding carboxylic acids is 2. The highest BCUT2D eigenvalue weighted by atomic mass is 16.1. The van der Waals surface area contributed by atoms with Crippen LogP contribution in [0.2, 0.25) is 0 Å². The van der Waals surface area contributed by atoms with Crippen LogP contribution in [0.25, 0.3) is 0 Å². The van der Waals surface area contributed by atoms with E-state index in [0.29, 0.717) is 28.7 Å². The molecule has 2 rings (SSSR count). The van der Waals surface area contributed by atoms with Gasteiger partial charge in [0.05, 0.1) is 0 Å². The molecule has 0 bridgehead atoms. The Bertz CT molecular complexity index is 1490. The van der Waals surface area contributed by atoms with Crippen LogP contribution in [-0.4, -0.2) is 11.6 Å². The minimum Gasteiger partial charge on any atom is -0.289 e. The highest BCUT2D eigenvalue weighted by Gasteiger charge is 2.28. The maximum atomic E-state index is 13.0. The van der Waals surface area contributed by atoms with Crippen molar-refractivity contribution in [3.63, 3.8) is 0 Å². The summed E-state index contributed by atoms with van der Waals surface area (Å²) in [5.41, 5.74) is 12.4. The largest absolute Gasteiger partial charge is 0.289 e. The average molecular weight is 649 g/mol. The lowest BCUT2D eigenvalue weighted by Crippen LogP contribution is -2.20. The van der Waals surface area contributed by atoms with Crippen LogP contribution in [0.1, 0.15) is 167 Å². The van der Waals surface area contributed by atoms with E-state index in [1.165, 1.54) is 51.9 Å². The second kappa shape index (κ2) is 22.2. The molecule has 0 N–H and O–H groups in total. The maximum Gasteiger partial charge on any atom is 0.190 e. The molecular formula is C46H64O2. The highest BCUT2D eigenvalue weighted by Crippen LogP contribution is 2.28. The molecule has 0 unspecified atom stereocenters. The van der Waals surface area contributed by atoms with Gasteiger partial charge >= 0.3 is 0 Å². The first-order valence-electron chi connectivity index (χ1n) is 18.3. The topological polar surface area (TPSA) is 34.1 Å². The quantitative estimate of drug-likeness (QED) is 0.132. The summed E-state index contributed by atoms with van der Waals surface area (Å²) in [6.45, 7) is 19.6. The Morgan fingerprint density at radius 1 is 0.458 bits per heavy atom. The number of fused-ring (bicyclic) bond motifs is 1. The summed E-state index contributed by atoms with van der Waals surface area (Å²) in [6, 6.07) is 7.15. The number of rotatable bonds is 20. The molecule has 0 spiro atoms. The molecule has 1 aromatic carbocycles. The molecule has 1 aliphatic rings. The minimum absolute atomic E-state index is 0.00832. The first-order valence-corrected chi connectivity index (χ1v) is 18.3. The van der Waals surface area contributed by atoms with E-state index in [1.54, 1.807) is 19.1 Å². The van der Waals surface area contributed by atoms with Crippen LogP contribution in [0.15, 0.2) is 117 Å². The molecule has 0 heterocycles. The average Bonchev–Trinajstić information content (AvgIpc) is 3.03. The Balaban J connectivity index is 1.65. The standard InChI is InChI=1S/C46H64O2/c1-34(2)18-12-19-35(3)20-13-21-36(4)22-14-23-37(5)24-15-25-38(6)26-16-27-39(7)28-17-29-40(8)32-33-42-41(9)45(47)43-30-10-11-31-44(43)46(42)48/h10-11,18,20,22,24,26,28,30-32H,12-17,19,21,23,25,27,29,33H2,1-9H3/b35-20-,36-22-,37-24-,38-26-,39-28-,40-32+. The molecule has 0 aromatic heterocycles. The van der Waals surface area contributed by atoms with Crippen molar-refractivity contribution in [1.29, 1.82) is 0 Å². The molecular weight excluding hydrogens is 585 g/mol. The van der Waals surface area contributed by atoms with Crippen LogP contribution in [0.3, 0.4) is 0 Å². The summed E-state index contributed by atoms with van der Waals surface area (Å²) in [5.74, 6) is -0.0311. The van der Waals surface area contributed by atoms with Crippen molar-refractivity contribution < 1.29 is 9.59 Å². The second-order valence-electron chi connectivity index (χ2n) is 14.3. The van der Waals surface area contributed by atoms with Crippen LogP contribution in [0.5, 0.6) is 0 Å². The molecule has 2 heteroatoms. The lowest BCUT2D eigenvalue weighted by atomic mass is 9.83. The predicted octanol–water partition coefficient (Wildman–Crippen LogP) is 14.1. The van der Waals surface area contributed by atoms with E-state index in [2.05, 4.69) is 97.9 Å². The van der Waals surface area contributed by atoms with E-state index in [0.717, 1.165) is 64.2 Å². The van der Waals surface area contributed by atoms with Crippen molar-refractivity contribution in [3.05, 3.63) is 128 Å². The number of hydrogen-bond acceptors (Lipinski definition) is 2. The van der Waals surface area contributed by atoms with Crippen molar-refractivity contribution >= 4 is 11.6 Å². The summed E-state index contributed by atoms with van der Waals surface area (Å²) in [6.07, 6.45) is 30.4. The smallest absolute Gasteiger partial charge is 0.190 e. The lowest BCUT2D eigenvalue weighted by molar-refractivity contribution is 0.0973.